The molecule has 2 rings (SSSR count). The molecule has 1 aromatic rings. The molecule has 0 fully saturated rings. The average Bonchev–Trinajstić information content (AvgIpc) is 2.80. The monoisotopic (exact) mass is 373 g/mol. The molecule has 148 valence electrons. The third kappa shape index (κ3) is 4.18. The van der Waals surface area contributed by atoms with Crippen molar-refractivity contribution in [3.8, 4) is 0 Å². The lowest BCUT2D eigenvalue weighted by molar-refractivity contribution is -0.116. The summed E-state index contributed by atoms with van der Waals surface area (Å²) in [6.45, 7) is 12.1. The van der Waals surface area contributed by atoms with Gasteiger partial charge in [0.1, 0.15) is 5.76 Å². The number of carbonyl (C=O) groups excluding carboxylic acids is 2. The highest BCUT2D eigenvalue weighted by Crippen LogP contribution is 2.42. The van der Waals surface area contributed by atoms with Crippen molar-refractivity contribution < 1.29 is 19.1 Å². The van der Waals surface area contributed by atoms with Gasteiger partial charge in [-0.25, -0.2) is 4.79 Å². The van der Waals surface area contributed by atoms with Crippen LogP contribution in [-0.2, 0) is 14.3 Å². The van der Waals surface area contributed by atoms with Crippen LogP contribution in [0.25, 0.3) is 5.57 Å². The number of amides is 1. The summed E-state index contributed by atoms with van der Waals surface area (Å²) in [5.41, 5.74) is 3.74. The van der Waals surface area contributed by atoms with E-state index in [-0.39, 0.29) is 12.5 Å². The van der Waals surface area contributed by atoms with Gasteiger partial charge in [0.15, 0.2) is 0 Å². The highest BCUT2D eigenvalue weighted by Gasteiger charge is 2.47. The lowest BCUT2D eigenvalue weighted by Crippen LogP contribution is -2.45. The molecule has 0 saturated heterocycles. The molecule has 27 heavy (non-hydrogen) atoms. The largest absolute Gasteiger partial charge is 0.513 e. The molecule has 0 radical (unpaired) electrons. The van der Waals surface area contributed by atoms with E-state index >= 15 is 0 Å². The molecule has 5 heteroatoms. The van der Waals surface area contributed by atoms with Crippen molar-refractivity contribution in [1.82, 2.24) is 5.32 Å². The minimum absolute atomic E-state index is 0.189. The molecule has 1 N–H and O–H groups in total. The van der Waals surface area contributed by atoms with Crippen molar-refractivity contribution in [2.24, 2.45) is 0 Å². The quantitative estimate of drug-likeness (QED) is 0.686. The second-order valence-electron chi connectivity index (χ2n) is 7.30. The van der Waals surface area contributed by atoms with E-state index < -0.39 is 11.7 Å². The van der Waals surface area contributed by atoms with Crippen LogP contribution in [0.5, 0.6) is 0 Å². The normalized spacial score (nSPS) is 15.7. The zero-order valence-corrected chi connectivity index (χ0v) is 17.3. The zero-order valence-electron chi connectivity index (χ0n) is 17.3. The van der Waals surface area contributed by atoms with Crippen molar-refractivity contribution in [3.05, 3.63) is 40.1 Å². The van der Waals surface area contributed by atoms with E-state index in [4.69, 9.17) is 9.47 Å². The molecule has 0 unspecified atom stereocenters. The van der Waals surface area contributed by atoms with Gasteiger partial charge in [0.05, 0.1) is 17.7 Å². The number of hydrogen-bond acceptors (Lipinski definition) is 4. The predicted molar refractivity (Wildman–Crippen MR) is 106 cm³/mol. The second kappa shape index (κ2) is 8.59. The Bertz CT molecular complexity index is 735. The van der Waals surface area contributed by atoms with Crippen molar-refractivity contribution in [2.45, 2.75) is 72.8 Å². The molecule has 1 aromatic carbocycles. The van der Waals surface area contributed by atoms with Crippen LogP contribution in [0.4, 0.5) is 4.79 Å². The van der Waals surface area contributed by atoms with Crippen molar-refractivity contribution in [3.63, 3.8) is 0 Å². The molecule has 0 bridgehead atoms. The fourth-order valence-electron chi connectivity index (χ4n) is 4.19. The van der Waals surface area contributed by atoms with E-state index in [1.165, 1.54) is 0 Å². The standard InChI is InChI=1S/C22H31NO4/c1-7-10-22(11-8-2)19(27-21(25)26-9-3)18(20(24)23-22)17-15(5)12-14(4)13-16(17)6/h12-13H,7-11H2,1-6H3,(H,23,24). The molecule has 0 spiro atoms. The number of benzene rings is 1. The molecule has 1 aliphatic heterocycles. The highest BCUT2D eigenvalue weighted by atomic mass is 16.7. The first-order chi connectivity index (χ1) is 12.8. The van der Waals surface area contributed by atoms with Crippen LogP contribution in [-0.4, -0.2) is 24.2 Å². The van der Waals surface area contributed by atoms with Gasteiger partial charge in [0.2, 0.25) is 0 Å². The van der Waals surface area contributed by atoms with E-state index in [1.807, 2.05) is 32.9 Å². The van der Waals surface area contributed by atoms with Crippen LogP contribution in [0.1, 0.15) is 68.7 Å². The van der Waals surface area contributed by atoms with E-state index in [2.05, 4.69) is 19.2 Å². The summed E-state index contributed by atoms with van der Waals surface area (Å²) in [4.78, 5) is 25.3. The number of aryl methyl sites for hydroxylation is 3. The van der Waals surface area contributed by atoms with Crippen LogP contribution in [0.2, 0.25) is 0 Å². The average molecular weight is 373 g/mol. The Labute approximate surface area is 162 Å². The predicted octanol–water partition coefficient (Wildman–Crippen LogP) is 4.96. The van der Waals surface area contributed by atoms with E-state index in [0.717, 1.165) is 35.1 Å². The third-order valence-electron chi connectivity index (χ3n) is 4.97. The first-order valence-electron chi connectivity index (χ1n) is 9.79. The maximum atomic E-state index is 13.1. The molecule has 0 aliphatic carbocycles. The number of hydrogen-bond donors (Lipinski definition) is 1. The minimum atomic E-state index is -0.763. The number of nitrogens with one attached hydrogen (secondary N) is 1. The molecule has 1 heterocycles. The molecule has 0 atom stereocenters. The Morgan fingerprint density at radius 1 is 1.04 bits per heavy atom. The fraction of sp³-hybridized carbons (Fsp3) is 0.545. The van der Waals surface area contributed by atoms with Gasteiger partial charge in [0, 0.05) is 0 Å². The summed E-state index contributed by atoms with van der Waals surface area (Å²) >= 11 is 0. The molecule has 1 amide bonds. The maximum absolute atomic E-state index is 13.1. The Kier molecular flexibility index (Phi) is 6.68. The van der Waals surface area contributed by atoms with Gasteiger partial charge in [-0.1, -0.05) is 44.4 Å². The lowest BCUT2D eigenvalue weighted by Gasteiger charge is -2.31. The SMILES string of the molecule is CCCC1(CCC)NC(=O)C(c2c(C)cc(C)cc2C)=C1OC(=O)OCC. The Hall–Kier alpha value is -2.30. The Morgan fingerprint density at radius 2 is 1.59 bits per heavy atom. The number of rotatable bonds is 7. The minimum Gasteiger partial charge on any atom is -0.434 e. The molecule has 0 saturated carbocycles. The van der Waals surface area contributed by atoms with Crippen LogP contribution < -0.4 is 5.32 Å². The maximum Gasteiger partial charge on any atom is 0.513 e. The summed E-state index contributed by atoms with van der Waals surface area (Å²) in [5.74, 6) is 0.218. The van der Waals surface area contributed by atoms with Gasteiger partial charge in [-0.15, -0.1) is 0 Å². The smallest absolute Gasteiger partial charge is 0.434 e. The molecule has 0 aromatic heterocycles. The summed E-state index contributed by atoms with van der Waals surface area (Å²) in [5, 5.41) is 3.14. The van der Waals surface area contributed by atoms with Gasteiger partial charge in [0.25, 0.3) is 5.91 Å². The zero-order chi connectivity index (χ0) is 20.2. The molecular formula is C22H31NO4. The Morgan fingerprint density at radius 3 is 2.07 bits per heavy atom. The summed E-state index contributed by atoms with van der Waals surface area (Å²) in [6.07, 6.45) is 2.36. The number of ether oxygens (including phenoxy) is 2. The van der Waals surface area contributed by atoms with Gasteiger partial charge >= 0.3 is 6.16 Å². The van der Waals surface area contributed by atoms with E-state index in [1.54, 1.807) is 6.92 Å². The van der Waals surface area contributed by atoms with Gasteiger partial charge in [-0.2, -0.15) is 0 Å². The van der Waals surface area contributed by atoms with Gasteiger partial charge in [-0.3, -0.25) is 4.79 Å². The highest BCUT2D eigenvalue weighted by molar-refractivity contribution is 6.24. The first kappa shape index (κ1) is 21.0. The van der Waals surface area contributed by atoms with Crippen LogP contribution in [0.3, 0.4) is 0 Å². The molecular weight excluding hydrogens is 342 g/mol. The molecule has 1 aliphatic rings. The summed E-state index contributed by atoms with van der Waals surface area (Å²) in [6, 6.07) is 4.09. The van der Waals surface area contributed by atoms with Gasteiger partial charge in [-0.05, 0) is 57.2 Å². The lowest BCUT2D eigenvalue weighted by atomic mass is 9.85. The number of carbonyl (C=O) groups is 2. The summed E-state index contributed by atoms with van der Waals surface area (Å²) in [7, 11) is 0. The Balaban J connectivity index is 2.72. The van der Waals surface area contributed by atoms with Crippen molar-refractivity contribution in [2.75, 3.05) is 6.61 Å². The fourth-order valence-corrected chi connectivity index (χ4v) is 4.19. The van der Waals surface area contributed by atoms with Crippen molar-refractivity contribution in [1.29, 1.82) is 0 Å². The van der Waals surface area contributed by atoms with E-state index in [9.17, 15) is 9.59 Å². The summed E-state index contributed by atoms with van der Waals surface area (Å²) < 4.78 is 10.7. The van der Waals surface area contributed by atoms with Crippen LogP contribution in [0.15, 0.2) is 17.9 Å². The molecule has 5 nitrogen and oxygen atoms in total. The van der Waals surface area contributed by atoms with Crippen molar-refractivity contribution >= 4 is 17.6 Å². The third-order valence-corrected chi connectivity index (χ3v) is 4.97. The van der Waals surface area contributed by atoms with E-state index in [0.29, 0.717) is 24.2 Å². The topological polar surface area (TPSA) is 64.6 Å². The second-order valence-corrected chi connectivity index (χ2v) is 7.30. The van der Waals surface area contributed by atoms with Gasteiger partial charge < -0.3 is 14.8 Å². The van der Waals surface area contributed by atoms with Crippen LogP contribution in [0, 0.1) is 20.8 Å². The van der Waals surface area contributed by atoms with Crippen LogP contribution >= 0.6 is 0 Å². The first-order valence-corrected chi connectivity index (χ1v) is 9.79.